The molecule has 4 nitrogen and oxygen atoms in total. The van der Waals surface area contributed by atoms with Gasteiger partial charge in [-0.25, -0.2) is 0 Å². The van der Waals surface area contributed by atoms with E-state index >= 15 is 0 Å². The van der Waals surface area contributed by atoms with E-state index in [4.69, 9.17) is 11.6 Å². The highest BCUT2D eigenvalue weighted by Crippen LogP contribution is 2.25. The van der Waals surface area contributed by atoms with Crippen molar-refractivity contribution in [3.63, 3.8) is 0 Å². The van der Waals surface area contributed by atoms with E-state index in [1.54, 1.807) is 0 Å². The van der Waals surface area contributed by atoms with E-state index in [0.717, 1.165) is 21.0 Å². The fraction of sp³-hybridized carbons (Fsp3) is 0.200. The summed E-state index contributed by atoms with van der Waals surface area (Å²) in [5.74, 6) is 0. The van der Waals surface area contributed by atoms with Gasteiger partial charge >= 0.3 is 0 Å². The lowest BCUT2D eigenvalue weighted by Crippen LogP contribution is -2.07. The van der Waals surface area contributed by atoms with Crippen molar-refractivity contribution in [1.29, 1.82) is 0 Å². The summed E-state index contributed by atoms with van der Waals surface area (Å²) in [6.45, 7) is 0. The largest absolute Gasteiger partial charge is 0.353 e. The summed E-state index contributed by atoms with van der Waals surface area (Å²) >= 11 is 7.30. The van der Waals surface area contributed by atoms with Crippen molar-refractivity contribution < 1.29 is 0 Å². The Morgan fingerprint density at radius 3 is 2.44 bits per heavy atom. The molecule has 0 saturated carbocycles. The molecule has 1 N–H and O–H groups in total. The van der Waals surface area contributed by atoms with Gasteiger partial charge in [-0.3, -0.25) is 0 Å². The smallest absolute Gasteiger partial charge is 0.211 e. The van der Waals surface area contributed by atoms with Crippen molar-refractivity contribution in [3.05, 3.63) is 29.3 Å². The van der Waals surface area contributed by atoms with Crippen LogP contribution < -0.4 is 10.2 Å². The summed E-state index contributed by atoms with van der Waals surface area (Å²) in [6.07, 6.45) is 0. The SMILES string of the molecule is CN(C)c1nnc(Nc2ccc(Cl)cc2)s1. The van der Waals surface area contributed by atoms with Crippen molar-refractivity contribution in [1.82, 2.24) is 10.2 Å². The average Bonchev–Trinajstić information content (AvgIpc) is 2.70. The number of anilines is 3. The van der Waals surface area contributed by atoms with Crippen LogP contribution in [0, 0.1) is 0 Å². The third-order valence-electron chi connectivity index (χ3n) is 1.89. The average molecular weight is 255 g/mol. The van der Waals surface area contributed by atoms with Crippen LogP contribution in [0.25, 0.3) is 0 Å². The maximum absolute atomic E-state index is 5.80. The fourth-order valence-corrected chi connectivity index (χ4v) is 1.92. The van der Waals surface area contributed by atoms with Crippen LogP contribution in [0.1, 0.15) is 0 Å². The van der Waals surface area contributed by atoms with Crippen molar-refractivity contribution >= 4 is 38.9 Å². The summed E-state index contributed by atoms with van der Waals surface area (Å²) in [7, 11) is 3.87. The number of nitrogens with one attached hydrogen (secondary N) is 1. The molecule has 1 heterocycles. The van der Waals surface area contributed by atoms with Gasteiger partial charge < -0.3 is 10.2 Å². The first-order valence-electron chi connectivity index (χ1n) is 4.68. The quantitative estimate of drug-likeness (QED) is 0.914. The van der Waals surface area contributed by atoms with Crippen molar-refractivity contribution in [2.75, 3.05) is 24.3 Å². The number of hydrogen-bond donors (Lipinski definition) is 1. The summed E-state index contributed by atoms with van der Waals surface area (Å²) < 4.78 is 0. The number of hydrogen-bond acceptors (Lipinski definition) is 5. The number of rotatable bonds is 3. The van der Waals surface area contributed by atoms with Gasteiger partial charge in [-0.15, -0.1) is 10.2 Å². The molecule has 1 aromatic carbocycles. The van der Waals surface area contributed by atoms with E-state index < -0.39 is 0 Å². The first kappa shape index (κ1) is 11.2. The summed E-state index contributed by atoms with van der Waals surface area (Å²) in [5, 5.41) is 13.6. The van der Waals surface area contributed by atoms with Crippen LogP contribution in [0.3, 0.4) is 0 Å². The van der Waals surface area contributed by atoms with Crippen LogP contribution in [-0.2, 0) is 0 Å². The Hall–Kier alpha value is -1.33. The third kappa shape index (κ3) is 2.62. The Morgan fingerprint density at radius 2 is 1.88 bits per heavy atom. The van der Waals surface area contributed by atoms with Gasteiger partial charge in [0.05, 0.1) is 0 Å². The molecule has 0 spiro atoms. The van der Waals surface area contributed by atoms with E-state index in [-0.39, 0.29) is 0 Å². The Morgan fingerprint density at radius 1 is 1.19 bits per heavy atom. The molecular weight excluding hydrogens is 244 g/mol. The molecular formula is C10H11ClN4S. The molecule has 0 unspecified atom stereocenters. The first-order chi connectivity index (χ1) is 7.65. The second kappa shape index (κ2) is 4.67. The number of benzene rings is 1. The summed E-state index contributed by atoms with van der Waals surface area (Å²) in [5.41, 5.74) is 0.950. The molecule has 16 heavy (non-hydrogen) atoms. The Labute approximate surface area is 103 Å². The Kier molecular flexibility index (Phi) is 3.26. The zero-order chi connectivity index (χ0) is 11.5. The van der Waals surface area contributed by atoms with E-state index in [1.807, 2.05) is 43.3 Å². The lowest BCUT2D eigenvalue weighted by Gasteiger charge is -2.04. The predicted molar refractivity (Wildman–Crippen MR) is 69.0 cm³/mol. The van der Waals surface area contributed by atoms with Crippen molar-refractivity contribution in [2.45, 2.75) is 0 Å². The minimum atomic E-state index is 0.719. The van der Waals surface area contributed by atoms with Crippen LogP contribution in [0.2, 0.25) is 5.02 Å². The highest BCUT2D eigenvalue weighted by atomic mass is 35.5. The van der Waals surface area contributed by atoms with E-state index in [0.29, 0.717) is 0 Å². The lowest BCUT2D eigenvalue weighted by atomic mass is 10.3. The van der Waals surface area contributed by atoms with E-state index in [2.05, 4.69) is 15.5 Å². The predicted octanol–water partition coefficient (Wildman–Crippen LogP) is 3.00. The standard InChI is InChI=1S/C10H11ClN4S/c1-15(2)10-14-13-9(16-10)12-8-5-3-7(11)4-6-8/h3-6H,1-2H3,(H,12,13). The third-order valence-corrected chi connectivity index (χ3v) is 3.15. The molecule has 0 saturated heterocycles. The van der Waals surface area contributed by atoms with Crippen LogP contribution in [0.5, 0.6) is 0 Å². The molecule has 0 bridgehead atoms. The van der Waals surface area contributed by atoms with Crippen molar-refractivity contribution in [2.24, 2.45) is 0 Å². The topological polar surface area (TPSA) is 41.1 Å². The number of nitrogens with zero attached hydrogens (tertiary/aromatic N) is 3. The van der Waals surface area contributed by atoms with E-state index in [9.17, 15) is 0 Å². The van der Waals surface area contributed by atoms with Gasteiger partial charge in [0.1, 0.15) is 0 Å². The summed E-state index contributed by atoms with van der Waals surface area (Å²) in [4.78, 5) is 1.92. The zero-order valence-corrected chi connectivity index (χ0v) is 10.5. The van der Waals surface area contributed by atoms with Gasteiger partial charge in [0.15, 0.2) is 0 Å². The molecule has 0 radical (unpaired) electrons. The normalized spacial score (nSPS) is 10.2. The molecule has 2 aromatic rings. The maximum atomic E-state index is 5.80. The van der Waals surface area contributed by atoms with Gasteiger partial charge in [-0.05, 0) is 24.3 Å². The molecule has 0 atom stereocenters. The van der Waals surface area contributed by atoms with E-state index in [1.165, 1.54) is 11.3 Å². The van der Waals surface area contributed by atoms with Gasteiger partial charge in [-0.1, -0.05) is 22.9 Å². The molecule has 0 amide bonds. The first-order valence-corrected chi connectivity index (χ1v) is 5.88. The van der Waals surface area contributed by atoms with Crippen LogP contribution in [0.4, 0.5) is 16.0 Å². The number of halogens is 1. The van der Waals surface area contributed by atoms with Crippen LogP contribution >= 0.6 is 22.9 Å². The van der Waals surface area contributed by atoms with Gasteiger partial charge in [0.25, 0.3) is 0 Å². The minimum Gasteiger partial charge on any atom is -0.353 e. The Balaban J connectivity index is 2.11. The van der Waals surface area contributed by atoms with Gasteiger partial charge in [0, 0.05) is 24.8 Å². The highest BCUT2D eigenvalue weighted by molar-refractivity contribution is 7.19. The molecule has 2 rings (SSSR count). The van der Waals surface area contributed by atoms with Crippen molar-refractivity contribution in [3.8, 4) is 0 Å². The zero-order valence-electron chi connectivity index (χ0n) is 8.94. The maximum Gasteiger partial charge on any atom is 0.211 e. The summed E-state index contributed by atoms with van der Waals surface area (Å²) in [6, 6.07) is 7.47. The van der Waals surface area contributed by atoms with Gasteiger partial charge in [-0.2, -0.15) is 0 Å². The molecule has 0 aliphatic heterocycles. The van der Waals surface area contributed by atoms with Gasteiger partial charge in [0.2, 0.25) is 10.3 Å². The molecule has 6 heteroatoms. The second-order valence-corrected chi connectivity index (χ2v) is 4.81. The monoisotopic (exact) mass is 254 g/mol. The molecule has 0 aliphatic rings. The minimum absolute atomic E-state index is 0.719. The Bertz CT molecular complexity index is 466. The lowest BCUT2D eigenvalue weighted by molar-refractivity contribution is 1.02. The van der Waals surface area contributed by atoms with Crippen LogP contribution in [0.15, 0.2) is 24.3 Å². The molecule has 0 aliphatic carbocycles. The second-order valence-electron chi connectivity index (χ2n) is 3.42. The highest BCUT2D eigenvalue weighted by Gasteiger charge is 2.05. The molecule has 84 valence electrons. The fourth-order valence-electron chi connectivity index (χ4n) is 1.10. The van der Waals surface area contributed by atoms with Crippen LogP contribution in [-0.4, -0.2) is 24.3 Å². The molecule has 0 fully saturated rings. The molecule has 1 aromatic heterocycles. The number of aromatic nitrogens is 2.